The number of aromatic nitrogens is 1. The van der Waals surface area contributed by atoms with Gasteiger partial charge in [0, 0.05) is 30.5 Å². The van der Waals surface area contributed by atoms with Gasteiger partial charge in [-0.2, -0.15) is 0 Å². The topological polar surface area (TPSA) is 36.4 Å². The molecule has 1 aliphatic carbocycles. The van der Waals surface area contributed by atoms with E-state index in [1.807, 2.05) is 29.5 Å². The van der Waals surface area contributed by atoms with Crippen LogP contribution in [0.3, 0.4) is 0 Å². The molecule has 1 spiro atoms. The van der Waals surface area contributed by atoms with E-state index in [4.69, 9.17) is 0 Å². The van der Waals surface area contributed by atoms with Gasteiger partial charge in [-0.1, -0.05) is 18.2 Å². The summed E-state index contributed by atoms with van der Waals surface area (Å²) in [5.41, 5.74) is 3.70. The largest absolute Gasteiger partial charge is 0.340 e. The van der Waals surface area contributed by atoms with E-state index in [0.717, 1.165) is 43.6 Å². The Bertz CT molecular complexity index is 771. The zero-order valence-electron chi connectivity index (χ0n) is 15.0. The average molecular weight is 373 g/mol. The molecule has 1 saturated heterocycles. The van der Waals surface area contributed by atoms with Crippen LogP contribution < -0.4 is 0 Å². The Morgan fingerprint density at radius 3 is 2.85 bits per heavy atom. The van der Waals surface area contributed by atoms with Crippen LogP contribution in [0.4, 0.5) is 4.39 Å². The zero-order chi connectivity index (χ0) is 18.1. The number of carbonyl (C=O) groups is 1. The van der Waals surface area contributed by atoms with E-state index in [-0.39, 0.29) is 23.1 Å². The number of amides is 1. The highest BCUT2D eigenvalue weighted by molar-refractivity contribution is 7.07. The summed E-state index contributed by atoms with van der Waals surface area (Å²) in [6.07, 6.45) is 3.06. The number of rotatable bonds is 5. The van der Waals surface area contributed by atoms with Crippen LogP contribution in [-0.4, -0.2) is 40.8 Å². The highest BCUT2D eigenvalue weighted by Gasteiger charge is 2.58. The first kappa shape index (κ1) is 17.6. The van der Waals surface area contributed by atoms with Crippen LogP contribution >= 0.6 is 11.3 Å². The van der Waals surface area contributed by atoms with Crippen molar-refractivity contribution in [3.63, 3.8) is 0 Å². The maximum atomic E-state index is 13.8. The van der Waals surface area contributed by atoms with Gasteiger partial charge < -0.3 is 4.90 Å². The van der Waals surface area contributed by atoms with Gasteiger partial charge in [0.25, 0.3) is 0 Å². The summed E-state index contributed by atoms with van der Waals surface area (Å²) in [7, 11) is 1.88. The number of thiazole rings is 1. The highest BCUT2D eigenvalue weighted by Crippen LogP contribution is 2.60. The summed E-state index contributed by atoms with van der Waals surface area (Å²) in [4.78, 5) is 21.2. The van der Waals surface area contributed by atoms with Gasteiger partial charge in [0.2, 0.25) is 5.91 Å². The van der Waals surface area contributed by atoms with Crippen molar-refractivity contribution < 1.29 is 9.18 Å². The van der Waals surface area contributed by atoms with Crippen molar-refractivity contribution in [3.8, 4) is 0 Å². The molecule has 2 heterocycles. The second-order valence-electron chi connectivity index (χ2n) is 7.66. The first-order chi connectivity index (χ1) is 12.6. The van der Waals surface area contributed by atoms with Crippen molar-refractivity contribution in [2.24, 2.45) is 11.3 Å². The van der Waals surface area contributed by atoms with E-state index in [9.17, 15) is 9.18 Å². The number of hydrogen-bond acceptors (Lipinski definition) is 4. The number of halogens is 1. The van der Waals surface area contributed by atoms with Crippen molar-refractivity contribution in [1.29, 1.82) is 0 Å². The van der Waals surface area contributed by atoms with Crippen molar-refractivity contribution in [3.05, 3.63) is 52.2 Å². The summed E-state index contributed by atoms with van der Waals surface area (Å²) in [6, 6.07) is 7.00. The van der Waals surface area contributed by atoms with Crippen molar-refractivity contribution in [2.75, 3.05) is 20.1 Å². The van der Waals surface area contributed by atoms with Crippen molar-refractivity contribution in [1.82, 2.24) is 14.8 Å². The molecule has 4 rings (SSSR count). The lowest BCUT2D eigenvalue weighted by atomic mass is 9.90. The second-order valence-corrected chi connectivity index (χ2v) is 8.38. The minimum atomic E-state index is -0.129. The third kappa shape index (κ3) is 3.53. The minimum Gasteiger partial charge on any atom is -0.340 e. The Balaban J connectivity index is 1.29. The second kappa shape index (κ2) is 7.08. The smallest absolute Gasteiger partial charge is 0.226 e. The number of hydrogen-bond donors (Lipinski definition) is 0. The molecule has 0 radical (unpaired) electrons. The summed E-state index contributed by atoms with van der Waals surface area (Å²) < 4.78 is 13.8. The maximum Gasteiger partial charge on any atom is 0.226 e. The number of piperidine rings is 1. The molecule has 1 unspecified atom stereocenters. The third-order valence-corrected chi connectivity index (χ3v) is 6.59. The molecule has 6 heteroatoms. The van der Waals surface area contributed by atoms with Crippen LogP contribution in [0.2, 0.25) is 0 Å². The Hall–Kier alpha value is -1.79. The van der Waals surface area contributed by atoms with E-state index in [0.29, 0.717) is 13.1 Å². The molecule has 0 N–H and O–H groups in total. The van der Waals surface area contributed by atoms with Gasteiger partial charge in [0.1, 0.15) is 5.82 Å². The van der Waals surface area contributed by atoms with Gasteiger partial charge in [0.05, 0.1) is 17.7 Å². The first-order valence-corrected chi connectivity index (χ1v) is 10.1. The lowest BCUT2D eigenvalue weighted by molar-refractivity contribution is -0.133. The zero-order valence-corrected chi connectivity index (χ0v) is 15.8. The Labute approximate surface area is 157 Å². The van der Waals surface area contributed by atoms with Crippen molar-refractivity contribution >= 4 is 17.2 Å². The standard InChI is InChI=1S/C20H24FN3OS/c1-23(12-16-13-26-14-22-16)19(25)17-10-20(17)6-8-24(9-7-20)11-15-4-2-3-5-18(15)21/h2-5,13-14,17H,6-12H2,1H3. The molecule has 2 aliphatic rings. The van der Waals surface area contributed by atoms with Gasteiger partial charge in [-0.3, -0.25) is 9.69 Å². The average Bonchev–Trinajstić information content (AvgIpc) is 3.08. The summed E-state index contributed by atoms with van der Waals surface area (Å²) in [5.74, 6) is 0.276. The van der Waals surface area contributed by atoms with E-state index in [1.54, 1.807) is 22.9 Å². The molecule has 1 aliphatic heterocycles. The van der Waals surface area contributed by atoms with Gasteiger partial charge in [-0.15, -0.1) is 11.3 Å². The molecule has 138 valence electrons. The normalized spacial score (nSPS) is 21.7. The Morgan fingerprint density at radius 2 is 2.15 bits per heavy atom. The molecule has 4 nitrogen and oxygen atoms in total. The monoisotopic (exact) mass is 373 g/mol. The SMILES string of the molecule is CN(Cc1cscn1)C(=O)C1CC12CCN(Cc1ccccc1F)CC2. The van der Waals surface area contributed by atoms with E-state index >= 15 is 0 Å². The molecule has 1 amide bonds. The fraction of sp³-hybridized carbons (Fsp3) is 0.500. The molecule has 1 saturated carbocycles. The van der Waals surface area contributed by atoms with Gasteiger partial charge in [-0.25, -0.2) is 9.37 Å². The highest BCUT2D eigenvalue weighted by atomic mass is 32.1. The molecular formula is C20H24FN3OS. The molecule has 1 aromatic carbocycles. The minimum absolute atomic E-state index is 0.129. The summed E-state index contributed by atoms with van der Waals surface area (Å²) >= 11 is 1.56. The Kier molecular flexibility index (Phi) is 4.80. The molecule has 0 bridgehead atoms. The number of nitrogens with zero attached hydrogens (tertiary/aromatic N) is 3. The van der Waals surface area contributed by atoms with Crippen LogP contribution in [0.1, 0.15) is 30.5 Å². The van der Waals surface area contributed by atoms with Crippen LogP contribution in [-0.2, 0) is 17.9 Å². The number of likely N-dealkylation sites (tertiary alicyclic amines) is 1. The molecule has 1 aromatic heterocycles. The molecule has 2 fully saturated rings. The predicted molar refractivity (Wildman–Crippen MR) is 100 cm³/mol. The van der Waals surface area contributed by atoms with Crippen LogP contribution in [0.25, 0.3) is 0 Å². The summed E-state index contributed by atoms with van der Waals surface area (Å²) in [6.45, 7) is 3.13. The maximum absolute atomic E-state index is 13.8. The Morgan fingerprint density at radius 1 is 1.38 bits per heavy atom. The van der Waals surface area contributed by atoms with Gasteiger partial charge in [0.15, 0.2) is 0 Å². The van der Waals surface area contributed by atoms with E-state index in [2.05, 4.69) is 9.88 Å². The van der Waals surface area contributed by atoms with Crippen LogP contribution in [0, 0.1) is 17.2 Å². The van der Waals surface area contributed by atoms with Crippen molar-refractivity contribution in [2.45, 2.75) is 32.4 Å². The fourth-order valence-electron chi connectivity index (χ4n) is 4.18. The molecule has 1 atom stereocenters. The quantitative estimate of drug-likeness (QED) is 0.804. The number of benzene rings is 1. The molecular weight excluding hydrogens is 349 g/mol. The van der Waals surface area contributed by atoms with E-state index in [1.165, 1.54) is 6.07 Å². The summed E-state index contributed by atoms with van der Waals surface area (Å²) in [5, 5.41) is 1.99. The van der Waals surface area contributed by atoms with E-state index < -0.39 is 0 Å². The van der Waals surface area contributed by atoms with Gasteiger partial charge >= 0.3 is 0 Å². The third-order valence-electron chi connectivity index (χ3n) is 5.95. The lowest BCUT2D eigenvalue weighted by Gasteiger charge is -2.33. The first-order valence-electron chi connectivity index (χ1n) is 9.15. The lowest BCUT2D eigenvalue weighted by Crippen LogP contribution is -2.37. The number of carbonyl (C=O) groups excluding carboxylic acids is 1. The predicted octanol–water partition coefficient (Wildman–Crippen LogP) is 3.54. The fourth-order valence-corrected chi connectivity index (χ4v) is 4.73. The molecule has 26 heavy (non-hydrogen) atoms. The molecule has 2 aromatic rings. The van der Waals surface area contributed by atoms with Crippen LogP contribution in [0.15, 0.2) is 35.2 Å². The van der Waals surface area contributed by atoms with Crippen LogP contribution in [0.5, 0.6) is 0 Å². The van der Waals surface area contributed by atoms with Gasteiger partial charge in [-0.05, 0) is 43.8 Å².